The highest BCUT2D eigenvalue weighted by molar-refractivity contribution is 5.71. The third-order valence-corrected chi connectivity index (χ3v) is 10.6. The van der Waals surface area contributed by atoms with E-state index in [9.17, 15) is 14.4 Å². The molecule has 0 aliphatic heterocycles. The van der Waals surface area contributed by atoms with Crippen molar-refractivity contribution >= 4 is 17.9 Å². The van der Waals surface area contributed by atoms with E-state index in [-0.39, 0.29) is 31.1 Å². The molecule has 0 saturated heterocycles. The first-order valence-electron chi connectivity index (χ1n) is 25.6. The van der Waals surface area contributed by atoms with Crippen LogP contribution in [-0.2, 0) is 28.6 Å². The second-order valence-electron chi connectivity index (χ2n) is 16.7. The van der Waals surface area contributed by atoms with Crippen molar-refractivity contribution in [3.8, 4) is 0 Å². The summed E-state index contributed by atoms with van der Waals surface area (Å²) < 4.78 is 16.8. The van der Waals surface area contributed by atoms with Crippen LogP contribution in [0, 0.1) is 0 Å². The summed E-state index contributed by atoms with van der Waals surface area (Å²) in [4.78, 5) is 38.0. The molecule has 1 unspecified atom stereocenters. The van der Waals surface area contributed by atoms with Crippen LogP contribution in [0.15, 0.2) is 85.1 Å². The van der Waals surface area contributed by atoms with E-state index in [1.165, 1.54) is 64.2 Å². The topological polar surface area (TPSA) is 78.9 Å². The zero-order valence-corrected chi connectivity index (χ0v) is 40.4. The van der Waals surface area contributed by atoms with Gasteiger partial charge in [0.25, 0.3) is 0 Å². The maximum Gasteiger partial charge on any atom is 0.306 e. The Bertz CT molecular complexity index is 1220. The normalized spacial score (nSPS) is 12.8. The number of rotatable bonds is 45. The van der Waals surface area contributed by atoms with Gasteiger partial charge in [-0.25, -0.2) is 0 Å². The van der Waals surface area contributed by atoms with Crippen LogP contribution in [0.2, 0.25) is 0 Å². The number of esters is 3. The van der Waals surface area contributed by atoms with Gasteiger partial charge in [-0.05, 0) is 109 Å². The van der Waals surface area contributed by atoms with Gasteiger partial charge in [0.1, 0.15) is 13.2 Å². The van der Waals surface area contributed by atoms with Crippen LogP contribution in [0.25, 0.3) is 0 Å². The summed E-state index contributed by atoms with van der Waals surface area (Å²) in [6.45, 7) is 6.36. The minimum atomic E-state index is -0.799. The minimum Gasteiger partial charge on any atom is -0.462 e. The molecule has 0 aromatic carbocycles. The summed E-state index contributed by atoms with van der Waals surface area (Å²) >= 11 is 0. The van der Waals surface area contributed by atoms with E-state index in [4.69, 9.17) is 14.2 Å². The standard InChI is InChI=1S/C56H94O6/c1-4-7-10-13-16-19-22-25-28-29-32-34-37-40-43-46-49-55(58)61-52-53(62-56(59)50-47-44-41-38-35-31-27-24-21-18-15-12-9-6-3)51-60-54(57)48-45-42-39-36-33-30-26-23-20-17-14-11-8-5-2/h7,9-10,12,16,18-19,21,25,27-28,30-31,33,53H,4-6,8,11,13-15,17,20,22-24,26,29,32,34-52H2,1-3H3/b10-7-,12-9-,19-16-,21-18-,28-25-,31-27-,33-30-. The zero-order valence-electron chi connectivity index (χ0n) is 40.4. The van der Waals surface area contributed by atoms with Gasteiger partial charge in [-0.3, -0.25) is 14.4 Å². The predicted octanol–water partition coefficient (Wildman–Crippen LogP) is 16.8. The van der Waals surface area contributed by atoms with E-state index >= 15 is 0 Å². The Morgan fingerprint density at radius 3 is 1.02 bits per heavy atom. The first-order valence-corrected chi connectivity index (χ1v) is 25.6. The maximum atomic E-state index is 12.8. The Morgan fingerprint density at radius 1 is 0.339 bits per heavy atom. The van der Waals surface area contributed by atoms with Gasteiger partial charge >= 0.3 is 17.9 Å². The Kier molecular flexibility index (Phi) is 47.5. The van der Waals surface area contributed by atoms with Crippen LogP contribution in [0.4, 0.5) is 0 Å². The number of ether oxygens (including phenoxy) is 3. The number of allylic oxidation sites excluding steroid dienone is 14. The van der Waals surface area contributed by atoms with Crippen molar-refractivity contribution in [2.75, 3.05) is 13.2 Å². The molecule has 0 spiro atoms. The highest BCUT2D eigenvalue weighted by Gasteiger charge is 2.19. The zero-order chi connectivity index (χ0) is 45.1. The van der Waals surface area contributed by atoms with Gasteiger partial charge in [-0.2, -0.15) is 0 Å². The lowest BCUT2D eigenvalue weighted by molar-refractivity contribution is -0.167. The van der Waals surface area contributed by atoms with E-state index in [1.54, 1.807) is 0 Å². The monoisotopic (exact) mass is 863 g/mol. The van der Waals surface area contributed by atoms with E-state index in [0.29, 0.717) is 19.3 Å². The molecule has 354 valence electrons. The Balaban J connectivity index is 4.46. The summed E-state index contributed by atoms with van der Waals surface area (Å²) in [5.41, 5.74) is 0. The molecule has 1 atom stereocenters. The molecule has 0 rings (SSSR count). The summed E-state index contributed by atoms with van der Waals surface area (Å²) in [6, 6.07) is 0. The highest BCUT2D eigenvalue weighted by atomic mass is 16.6. The minimum absolute atomic E-state index is 0.0980. The first-order chi connectivity index (χ1) is 30.5. The molecule has 6 heteroatoms. The van der Waals surface area contributed by atoms with Crippen molar-refractivity contribution in [1.82, 2.24) is 0 Å². The average molecular weight is 863 g/mol. The highest BCUT2D eigenvalue weighted by Crippen LogP contribution is 2.13. The lowest BCUT2D eigenvalue weighted by Gasteiger charge is -2.18. The van der Waals surface area contributed by atoms with Crippen molar-refractivity contribution in [2.24, 2.45) is 0 Å². The van der Waals surface area contributed by atoms with Crippen LogP contribution >= 0.6 is 0 Å². The smallest absolute Gasteiger partial charge is 0.306 e. The quantitative estimate of drug-likeness (QED) is 0.0263. The molecular formula is C56H94O6. The van der Waals surface area contributed by atoms with E-state index < -0.39 is 6.10 Å². The van der Waals surface area contributed by atoms with Gasteiger partial charge < -0.3 is 14.2 Å². The van der Waals surface area contributed by atoms with E-state index in [0.717, 1.165) is 128 Å². The molecule has 0 radical (unpaired) electrons. The molecule has 0 heterocycles. The third kappa shape index (κ3) is 47.6. The SMILES string of the molecule is CC/C=C\C/C=C\C/C=C\CCCCCCCCC(=O)OCC(COC(=O)CCCCC/C=C\CCCCCCCCC)OC(=O)CCCCCC/C=C\C/C=C\C/C=C\CC. The lowest BCUT2D eigenvalue weighted by atomic mass is 10.1. The number of carbonyl (C=O) groups is 3. The summed E-state index contributed by atoms with van der Waals surface area (Å²) in [5, 5.41) is 0. The number of carbonyl (C=O) groups excluding carboxylic acids is 3. The van der Waals surface area contributed by atoms with Gasteiger partial charge in [0.15, 0.2) is 6.10 Å². The van der Waals surface area contributed by atoms with Crippen LogP contribution in [0.3, 0.4) is 0 Å². The van der Waals surface area contributed by atoms with E-state index in [2.05, 4.69) is 106 Å². The molecule has 0 saturated carbocycles. The summed E-state index contributed by atoms with van der Waals surface area (Å²) in [5.74, 6) is -0.950. The molecule has 6 nitrogen and oxygen atoms in total. The van der Waals surface area contributed by atoms with Gasteiger partial charge in [-0.15, -0.1) is 0 Å². The number of hydrogen-bond acceptors (Lipinski definition) is 6. The van der Waals surface area contributed by atoms with Crippen molar-refractivity contribution in [1.29, 1.82) is 0 Å². The van der Waals surface area contributed by atoms with Crippen molar-refractivity contribution in [3.05, 3.63) is 85.1 Å². The fourth-order valence-corrected chi connectivity index (χ4v) is 6.82. The summed E-state index contributed by atoms with van der Waals surface area (Å²) in [7, 11) is 0. The molecular weight excluding hydrogens is 769 g/mol. The molecule has 0 fully saturated rings. The first kappa shape index (κ1) is 58.6. The van der Waals surface area contributed by atoms with Gasteiger partial charge in [0.2, 0.25) is 0 Å². The van der Waals surface area contributed by atoms with Gasteiger partial charge in [0, 0.05) is 19.3 Å². The van der Waals surface area contributed by atoms with Crippen LogP contribution in [0.1, 0.15) is 233 Å². The van der Waals surface area contributed by atoms with Crippen LogP contribution in [-0.4, -0.2) is 37.2 Å². The largest absolute Gasteiger partial charge is 0.462 e. The Hall–Kier alpha value is -3.41. The molecule has 0 aromatic heterocycles. The molecule has 0 N–H and O–H groups in total. The molecule has 0 aliphatic rings. The van der Waals surface area contributed by atoms with Crippen molar-refractivity contribution in [3.63, 3.8) is 0 Å². The number of unbranched alkanes of at least 4 members (excludes halogenated alkanes) is 20. The van der Waals surface area contributed by atoms with E-state index in [1.807, 2.05) is 0 Å². The molecule has 0 aliphatic carbocycles. The second kappa shape index (κ2) is 50.2. The summed E-state index contributed by atoms with van der Waals surface area (Å²) in [6.07, 6.45) is 64.2. The fourth-order valence-electron chi connectivity index (χ4n) is 6.82. The predicted molar refractivity (Wildman–Crippen MR) is 265 cm³/mol. The Morgan fingerprint density at radius 2 is 0.629 bits per heavy atom. The molecule has 0 bridgehead atoms. The molecule has 62 heavy (non-hydrogen) atoms. The molecule has 0 aromatic rings. The second-order valence-corrected chi connectivity index (χ2v) is 16.7. The van der Waals surface area contributed by atoms with Crippen molar-refractivity contribution < 1.29 is 28.6 Å². The molecule has 0 amide bonds. The van der Waals surface area contributed by atoms with Gasteiger partial charge in [-0.1, -0.05) is 189 Å². The lowest BCUT2D eigenvalue weighted by Crippen LogP contribution is -2.30. The average Bonchev–Trinajstić information content (AvgIpc) is 3.27. The number of hydrogen-bond donors (Lipinski definition) is 0. The maximum absolute atomic E-state index is 12.8. The van der Waals surface area contributed by atoms with Crippen molar-refractivity contribution in [2.45, 2.75) is 239 Å². The fraction of sp³-hybridized carbons (Fsp3) is 0.696. The van der Waals surface area contributed by atoms with Crippen LogP contribution in [0.5, 0.6) is 0 Å². The Labute approximate surface area is 382 Å². The third-order valence-electron chi connectivity index (χ3n) is 10.6. The van der Waals surface area contributed by atoms with Crippen LogP contribution < -0.4 is 0 Å². The van der Waals surface area contributed by atoms with Gasteiger partial charge in [0.05, 0.1) is 0 Å².